The first kappa shape index (κ1) is 30.2. The molecule has 1 amide bonds. The number of thioether (sulfide) groups is 1. The van der Waals surface area contributed by atoms with Gasteiger partial charge in [0.2, 0.25) is 11.9 Å². The molecule has 0 unspecified atom stereocenters. The smallest absolute Gasteiger partial charge is 0.222 e. The van der Waals surface area contributed by atoms with Crippen molar-refractivity contribution in [2.75, 3.05) is 50.0 Å². The van der Waals surface area contributed by atoms with Gasteiger partial charge in [-0.2, -0.15) is 16.7 Å². The summed E-state index contributed by atoms with van der Waals surface area (Å²) in [5.74, 6) is 1.41. The van der Waals surface area contributed by atoms with Gasteiger partial charge in [-0.25, -0.2) is 4.98 Å². The Balaban J connectivity index is 1.35. The average Bonchev–Trinajstić information content (AvgIpc) is 3.34. The highest BCUT2D eigenvalue weighted by molar-refractivity contribution is 7.99. The Morgan fingerprint density at radius 2 is 1.88 bits per heavy atom. The van der Waals surface area contributed by atoms with E-state index < -0.39 is 0 Å². The summed E-state index contributed by atoms with van der Waals surface area (Å²) >= 11 is 1.83. The van der Waals surface area contributed by atoms with Crippen molar-refractivity contribution in [3.63, 3.8) is 0 Å². The molecule has 2 aromatic heterocycles. The maximum absolute atomic E-state index is 12.7. The number of carbonyl (C=O) groups is 1. The molecule has 8 nitrogen and oxygen atoms in total. The van der Waals surface area contributed by atoms with E-state index >= 15 is 0 Å². The number of anilines is 2. The van der Waals surface area contributed by atoms with E-state index in [-0.39, 0.29) is 4.75 Å². The third kappa shape index (κ3) is 7.91. The molecule has 0 bridgehead atoms. The number of rotatable bonds is 13. The van der Waals surface area contributed by atoms with Crippen molar-refractivity contribution in [2.24, 2.45) is 0 Å². The number of nitrogen functional groups attached to an aromatic ring is 1. The average molecular weight is 566 g/mol. The summed E-state index contributed by atoms with van der Waals surface area (Å²) in [5.41, 5.74) is 11.7. The molecule has 0 spiro atoms. The van der Waals surface area contributed by atoms with Gasteiger partial charge in [-0.1, -0.05) is 51.8 Å². The van der Waals surface area contributed by atoms with Crippen LogP contribution < -0.4 is 11.1 Å². The molecule has 3 aromatic rings. The molecule has 1 saturated heterocycles. The van der Waals surface area contributed by atoms with Crippen LogP contribution in [-0.4, -0.2) is 74.0 Å². The molecule has 3 N–H and O–H groups in total. The summed E-state index contributed by atoms with van der Waals surface area (Å²) in [6, 6.07) is 8.81. The van der Waals surface area contributed by atoms with Crippen molar-refractivity contribution in [3.8, 4) is 0 Å². The third-order valence-corrected chi connectivity index (χ3v) is 9.38. The van der Waals surface area contributed by atoms with Gasteiger partial charge in [0.25, 0.3) is 0 Å². The molecule has 9 heteroatoms. The molecule has 218 valence electrons. The zero-order valence-corrected chi connectivity index (χ0v) is 25.8. The van der Waals surface area contributed by atoms with E-state index in [0.717, 1.165) is 75.5 Å². The van der Waals surface area contributed by atoms with Crippen LogP contribution in [0, 0.1) is 6.92 Å². The number of aryl methyl sites for hydroxylation is 1. The predicted molar refractivity (Wildman–Crippen MR) is 169 cm³/mol. The summed E-state index contributed by atoms with van der Waals surface area (Å²) in [6.45, 7) is 14.8. The molecular weight excluding hydrogens is 518 g/mol. The van der Waals surface area contributed by atoms with Gasteiger partial charge in [0.1, 0.15) is 5.52 Å². The summed E-state index contributed by atoms with van der Waals surface area (Å²) in [7, 11) is 0. The number of nitrogens with zero attached hydrogens (tertiary/aromatic N) is 5. The lowest BCUT2D eigenvalue weighted by atomic mass is 10.0. The van der Waals surface area contributed by atoms with Gasteiger partial charge in [0.15, 0.2) is 5.82 Å². The van der Waals surface area contributed by atoms with Gasteiger partial charge in [-0.05, 0) is 48.8 Å². The van der Waals surface area contributed by atoms with E-state index in [1.807, 2.05) is 22.7 Å². The molecule has 4 rings (SSSR count). The quantitative estimate of drug-likeness (QED) is 0.263. The Morgan fingerprint density at radius 1 is 1.10 bits per heavy atom. The first-order valence-electron chi connectivity index (χ1n) is 14.7. The number of hydrogen-bond acceptors (Lipinski definition) is 7. The SMILES string of the molecule is CCCCCNc1nc(N)nc2ccn(Cc3ccc(CN4CCN(C(=O)CCC(C)(C)SC)CC4)cc3C)c12. The number of hydrogen-bond donors (Lipinski definition) is 2. The molecular formula is C31H47N7OS. The highest BCUT2D eigenvalue weighted by Crippen LogP contribution is 2.27. The number of unbranched alkanes of at least 4 members (excludes halogenated alkanes) is 2. The normalized spacial score (nSPS) is 14.7. The minimum absolute atomic E-state index is 0.158. The van der Waals surface area contributed by atoms with Gasteiger partial charge >= 0.3 is 0 Å². The Bertz CT molecular complexity index is 1280. The van der Waals surface area contributed by atoms with Gasteiger partial charge in [0.05, 0.1) is 5.52 Å². The number of amides is 1. The predicted octanol–water partition coefficient (Wildman–Crippen LogP) is 5.54. The Kier molecular flexibility index (Phi) is 10.4. The van der Waals surface area contributed by atoms with E-state index in [4.69, 9.17) is 5.73 Å². The topological polar surface area (TPSA) is 92.3 Å². The highest BCUT2D eigenvalue weighted by atomic mass is 32.2. The van der Waals surface area contributed by atoms with Gasteiger partial charge < -0.3 is 20.5 Å². The van der Waals surface area contributed by atoms with Gasteiger partial charge in [0, 0.05) is 63.2 Å². The third-order valence-electron chi connectivity index (χ3n) is 8.07. The van der Waals surface area contributed by atoms with Crippen molar-refractivity contribution in [3.05, 3.63) is 47.2 Å². The van der Waals surface area contributed by atoms with Gasteiger partial charge in [-0.15, -0.1) is 0 Å². The van der Waals surface area contributed by atoms with Gasteiger partial charge in [-0.3, -0.25) is 9.69 Å². The fourth-order valence-corrected chi connectivity index (χ4v) is 5.57. The van der Waals surface area contributed by atoms with E-state index in [9.17, 15) is 4.79 Å². The van der Waals surface area contributed by atoms with Crippen LogP contribution in [0.4, 0.5) is 11.8 Å². The van der Waals surface area contributed by atoms with Crippen molar-refractivity contribution in [1.29, 1.82) is 0 Å². The lowest BCUT2D eigenvalue weighted by Gasteiger charge is -2.35. The van der Waals surface area contributed by atoms with Crippen molar-refractivity contribution < 1.29 is 4.79 Å². The summed E-state index contributed by atoms with van der Waals surface area (Å²) in [4.78, 5) is 26.2. The zero-order chi connectivity index (χ0) is 28.7. The van der Waals surface area contributed by atoms with E-state index in [2.05, 4.69) is 83.1 Å². The molecule has 0 saturated carbocycles. The number of carbonyl (C=O) groups excluding carboxylic acids is 1. The first-order valence-corrected chi connectivity index (χ1v) is 15.9. The highest BCUT2D eigenvalue weighted by Gasteiger charge is 2.24. The van der Waals surface area contributed by atoms with Crippen molar-refractivity contribution in [1.82, 2.24) is 24.3 Å². The molecule has 40 heavy (non-hydrogen) atoms. The lowest BCUT2D eigenvalue weighted by Crippen LogP contribution is -2.48. The molecule has 3 heterocycles. The van der Waals surface area contributed by atoms with Crippen LogP contribution in [0.1, 0.15) is 69.6 Å². The molecule has 0 atom stereocenters. The largest absolute Gasteiger partial charge is 0.368 e. The minimum atomic E-state index is 0.158. The van der Waals surface area contributed by atoms with Crippen LogP contribution in [0.3, 0.4) is 0 Å². The van der Waals surface area contributed by atoms with Crippen LogP contribution in [0.25, 0.3) is 11.0 Å². The molecule has 1 aromatic carbocycles. The molecule has 0 aliphatic carbocycles. The molecule has 1 fully saturated rings. The Morgan fingerprint density at radius 3 is 2.58 bits per heavy atom. The fourth-order valence-electron chi connectivity index (χ4n) is 5.26. The number of nitrogens with two attached hydrogens (primary N) is 1. The Hall–Kier alpha value is -2.78. The minimum Gasteiger partial charge on any atom is -0.368 e. The second-order valence-corrected chi connectivity index (χ2v) is 13.1. The summed E-state index contributed by atoms with van der Waals surface area (Å²) in [5, 5.41) is 3.49. The standard InChI is InChI=1S/C31H47N7OS/c1-6-7-8-14-33-29-28-26(34-30(32)35-29)12-15-38(28)22-25-10-9-24(20-23(25)2)21-36-16-18-37(19-17-36)27(39)11-13-31(3,4)40-5/h9-10,12,15,20H,6-8,11,13-14,16-19,21-22H2,1-5H3,(H3,32,33,34,35). The fraction of sp³-hybridized carbons (Fsp3) is 0.581. The van der Waals surface area contributed by atoms with E-state index in [1.165, 1.54) is 29.5 Å². The van der Waals surface area contributed by atoms with Crippen LogP contribution in [0.15, 0.2) is 30.5 Å². The maximum atomic E-state index is 12.7. The van der Waals surface area contributed by atoms with E-state index in [0.29, 0.717) is 18.3 Å². The number of nitrogens with one attached hydrogen (secondary N) is 1. The zero-order valence-electron chi connectivity index (χ0n) is 25.0. The van der Waals surface area contributed by atoms with Crippen molar-refractivity contribution in [2.45, 2.75) is 77.6 Å². The maximum Gasteiger partial charge on any atom is 0.222 e. The van der Waals surface area contributed by atoms with Crippen LogP contribution in [0.2, 0.25) is 0 Å². The van der Waals surface area contributed by atoms with Crippen LogP contribution >= 0.6 is 11.8 Å². The van der Waals surface area contributed by atoms with E-state index in [1.54, 1.807) is 0 Å². The second-order valence-electron chi connectivity index (χ2n) is 11.6. The lowest BCUT2D eigenvalue weighted by molar-refractivity contribution is -0.133. The summed E-state index contributed by atoms with van der Waals surface area (Å²) in [6.07, 6.45) is 9.23. The number of benzene rings is 1. The molecule has 1 aliphatic heterocycles. The second kappa shape index (κ2) is 13.7. The van der Waals surface area contributed by atoms with Crippen LogP contribution in [0.5, 0.6) is 0 Å². The monoisotopic (exact) mass is 565 g/mol. The van der Waals surface area contributed by atoms with Crippen LogP contribution in [-0.2, 0) is 17.9 Å². The van der Waals surface area contributed by atoms with Crippen molar-refractivity contribution >= 4 is 40.5 Å². The first-order chi connectivity index (χ1) is 19.2. The number of piperazine rings is 1. The summed E-state index contributed by atoms with van der Waals surface area (Å²) < 4.78 is 2.38. The number of fused-ring (bicyclic) bond motifs is 1. The molecule has 0 radical (unpaired) electrons. The molecule has 1 aliphatic rings. The Labute approximate surface area is 244 Å². The number of aromatic nitrogens is 3.